The Bertz CT molecular complexity index is 935. The molecule has 3 aromatic rings. The molecule has 0 amide bonds. The number of fused-ring (bicyclic) bond motifs is 1. The summed E-state index contributed by atoms with van der Waals surface area (Å²) in [5.74, 6) is -0.363. The summed E-state index contributed by atoms with van der Waals surface area (Å²) < 4.78 is 6.64. The molecule has 3 rings (SSSR count). The summed E-state index contributed by atoms with van der Waals surface area (Å²) in [6, 6.07) is 16.0. The molecular weight excluding hydrogens is 306 g/mol. The van der Waals surface area contributed by atoms with Crippen LogP contribution in [0, 0.1) is 11.3 Å². The van der Waals surface area contributed by atoms with Crippen molar-refractivity contribution in [3.05, 3.63) is 58.6 Å². The Morgan fingerprint density at radius 3 is 2.61 bits per heavy atom. The first-order valence-electron chi connectivity index (χ1n) is 7.17. The van der Waals surface area contributed by atoms with Gasteiger partial charge in [-0.3, -0.25) is 4.57 Å². The summed E-state index contributed by atoms with van der Waals surface area (Å²) in [6.45, 7) is 0. The Labute approximate surface area is 135 Å². The van der Waals surface area contributed by atoms with Gasteiger partial charge in [0, 0.05) is 7.05 Å². The van der Waals surface area contributed by atoms with Crippen molar-refractivity contribution >= 4 is 20.8 Å². The molecule has 0 aliphatic rings. The number of nitrogens with zero attached hydrogens (tertiary/aromatic N) is 2. The highest BCUT2D eigenvalue weighted by Crippen LogP contribution is 2.25. The second-order valence-corrected chi connectivity index (χ2v) is 6.39. The molecule has 23 heavy (non-hydrogen) atoms. The molecule has 2 aromatic carbocycles. The van der Waals surface area contributed by atoms with Crippen molar-refractivity contribution in [2.75, 3.05) is 0 Å². The highest BCUT2D eigenvalue weighted by molar-refractivity contribution is 6.34. The van der Waals surface area contributed by atoms with E-state index in [0.717, 1.165) is 22.2 Å². The van der Waals surface area contributed by atoms with E-state index in [1.54, 1.807) is 13.1 Å². The summed E-state index contributed by atoms with van der Waals surface area (Å²) in [6.07, 6.45) is 0.668. The van der Waals surface area contributed by atoms with Crippen LogP contribution in [0.25, 0.3) is 22.2 Å². The Balaban J connectivity index is 1.91. The summed E-state index contributed by atoms with van der Waals surface area (Å²) in [5, 5.41) is 14.6. The van der Waals surface area contributed by atoms with Gasteiger partial charge in [-0.25, -0.2) is 4.79 Å². The quantitative estimate of drug-likeness (QED) is 0.747. The zero-order valence-corrected chi connectivity index (χ0v) is 13.6. The predicted octanol–water partition coefficient (Wildman–Crippen LogP) is 2.23. The van der Waals surface area contributed by atoms with Gasteiger partial charge in [-0.2, -0.15) is 5.26 Å². The van der Waals surface area contributed by atoms with Gasteiger partial charge in [0.05, 0.1) is 17.1 Å². The molecule has 114 valence electrons. The maximum Gasteiger partial charge on any atom is 0.419 e. The number of nitrogens with two attached hydrogens (primary N) is 1. The monoisotopic (exact) mass is 321 g/mol. The van der Waals surface area contributed by atoms with E-state index in [9.17, 15) is 4.79 Å². The molecule has 5 nitrogen and oxygen atoms in total. The SMILES string of the molecule is Cn1c(=O)oc2ccc(-c3ccc(C[C@@H](C#N)[Si]N)cc3)cc21. The molecule has 0 aliphatic heterocycles. The van der Waals surface area contributed by atoms with E-state index in [4.69, 9.17) is 15.1 Å². The van der Waals surface area contributed by atoms with Crippen LogP contribution in [0.5, 0.6) is 0 Å². The predicted molar refractivity (Wildman–Crippen MR) is 89.9 cm³/mol. The fraction of sp³-hybridized carbons (Fsp3) is 0.176. The molecule has 0 saturated heterocycles. The molecule has 0 bridgehead atoms. The van der Waals surface area contributed by atoms with Gasteiger partial charge in [-0.15, -0.1) is 0 Å². The van der Waals surface area contributed by atoms with Gasteiger partial charge in [0.2, 0.25) is 0 Å². The van der Waals surface area contributed by atoms with Crippen molar-refractivity contribution in [3.8, 4) is 17.2 Å². The van der Waals surface area contributed by atoms with E-state index in [1.165, 1.54) is 4.57 Å². The zero-order valence-electron chi connectivity index (χ0n) is 12.6. The van der Waals surface area contributed by atoms with Gasteiger partial charge in [-0.05, 0) is 35.2 Å². The van der Waals surface area contributed by atoms with Gasteiger partial charge in [0.25, 0.3) is 0 Å². The Morgan fingerprint density at radius 2 is 1.96 bits per heavy atom. The molecule has 1 aromatic heterocycles. The summed E-state index contributed by atoms with van der Waals surface area (Å²) >= 11 is 0. The van der Waals surface area contributed by atoms with Gasteiger partial charge in [0.15, 0.2) is 15.3 Å². The molecule has 0 spiro atoms. The van der Waals surface area contributed by atoms with Crippen LogP contribution in [0.4, 0.5) is 0 Å². The van der Waals surface area contributed by atoms with E-state index in [1.807, 2.05) is 36.4 Å². The molecule has 1 heterocycles. The van der Waals surface area contributed by atoms with Crippen molar-refractivity contribution in [2.24, 2.45) is 12.4 Å². The highest BCUT2D eigenvalue weighted by Gasteiger charge is 2.09. The Kier molecular flexibility index (Phi) is 4.15. The van der Waals surface area contributed by atoms with Crippen molar-refractivity contribution in [1.82, 2.24) is 4.57 Å². The molecule has 0 aliphatic carbocycles. The minimum Gasteiger partial charge on any atom is -0.408 e. The molecule has 2 N–H and O–H groups in total. The topological polar surface area (TPSA) is 85.0 Å². The van der Waals surface area contributed by atoms with Crippen LogP contribution < -0.4 is 11.2 Å². The molecule has 0 saturated carbocycles. The third-order valence-corrected chi connectivity index (χ3v) is 4.61. The maximum absolute atomic E-state index is 11.6. The number of hydrogen-bond donors (Lipinski definition) is 1. The minimum absolute atomic E-state index is 0.127. The van der Waals surface area contributed by atoms with Gasteiger partial charge in [0.1, 0.15) is 0 Å². The lowest BCUT2D eigenvalue weighted by atomic mass is 10.0. The molecule has 2 radical (unpaired) electrons. The second-order valence-electron chi connectivity index (χ2n) is 5.36. The number of nitriles is 1. The summed E-state index contributed by atoms with van der Waals surface area (Å²) in [5.41, 5.74) is 4.38. The first-order valence-corrected chi connectivity index (χ1v) is 8.32. The van der Waals surface area contributed by atoms with Crippen molar-refractivity contribution in [3.63, 3.8) is 0 Å². The lowest BCUT2D eigenvalue weighted by molar-refractivity contribution is 0.528. The molecular formula is C17H15N3O2Si. The van der Waals surface area contributed by atoms with Crippen LogP contribution in [0.1, 0.15) is 5.56 Å². The van der Waals surface area contributed by atoms with Crippen LogP contribution in [-0.4, -0.2) is 14.2 Å². The maximum atomic E-state index is 11.6. The number of oxazole rings is 1. The van der Waals surface area contributed by atoms with E-state index in [2.05, 4.69) is 6.07 Å². The summed E-state index contributed by atoms with van der Waals surface area (Å²) in [7, 11) is 1.82. The first-order chi connectivity index (χ1) is 11.1. The van der Waals surface area contributed by atoms with Crippen LogP contribution >= 0.6 is 0 Å². The third-order valence-electron chi connectivity index (χ3n) is 3.88. The highest BCUT2D eigenvalue weighted by atomic mass is 28.2. The Morgan fingerprint density at radius 1 is 1.26 bits per heavy atom. The van der Waals surface area contributed by atoms with Crippen molar-refractivity contribution in [1.29, 1.82) is 5.26 Å². The van der Waals surface area contributed by atoms with Gasteiger partial charge in [-0.1, -0.05) is 30.3 Å². The van der Waals surface area contributed by atoms with E-state index in [0.29, 0.717) is 12.0 Å². The molecule has 6 heteroatoms. The number of aromatic nitrogens is 1. The standard InChI is InChI=1S/C17H15N3O2Si/c1-20-15-9-13(6-7-16(15)22-17(20)21)12-4-2-11(3-5-12)8-14(10-18)23-19/h2-7,9,14H,8,19H2,1H3/t14-/m0/s1. The van der Waals surface area contributed by atoms with E-state index < -0.39 is 0 Å². The minimum atomic E-state index is -0.363. The number of hydrogen-bond acceptors (Lipinski definition) is 4. The lowest BCUT2D eigenvalue weighted by Gasteiger charge is -2.07. The van der Waals surface area contributed by atoms with Gasteiger partial charge < -0.3 is 9.82 Å². The second kappa shape index (κ2) is 6.24. The molecule has 0 fully saturated rings. The lowest BCUT2D eigenvalue weighted by Crippen LogP contribution is -2.14. The fourth-order valence-electron chi connectivity index (χ4n) is 2.52. The van der Waals surface area contributed by atoms with Crippen LogP contribution in [0.3, 0.4) is 0 Å². The summed E-state index contributed by atoms with van der Waals surface area (Å²) in [4.78, 5) is 11.6. The Hall–Kier alpha value is -2.62. The average Bonchev–Trinajstić information content (AvgIpc) is 2.87. The third kappa shape index (κ3) is 2.97. The number of aryl methyl sites for hydroxylation is 1. The number of rotatable bonds is 4. The van der Waals surface area contributed by atoms with Gasteiger partial charge >= 0.3 is 5.76 Å². The van der Waals surface area contributed by atoms with Crippen molar-refractivity contribution in [2.45, 2.75) is 12.0 Å². The van der Waals surface area contributed by atoms with E-state index >= 15 is 0 Å². The average molecular weight is 321 g/mol. The first kappa shape index (κ1) is 15.3. The zero-order chi connectivity index (χ0) is 16.4. The molecule has 0 unspecified atom stereocenters. The molecule has 1 atom stereocenters. The van der Waals surface area contributed by atoms with Crippen LogP contribution in [0.2, 0.25) is 5.54 Å². The van der Waals surface area contributed by atoms with Crippen LogP contribution in [0.15, 0.2) is 51.7 Å². The fourth-order valence-corrected chi connectivity index (χ4v) is 2.95. The van der Waals surface area contributed by atoms with E-state index in [-0.39, 0.29) is 21.0 Å². The number of benzene rings is 2. The smallest absolute Gasteiger partial charge is 0.408 e. The van der Waals surface area contributed by atoms with Crippen molar-refractivity contribution < 1.29 is 4.42 Å². The largest absolute Gasteiger partial charge is 0.419 e. The normalized spacial score (nSPS) is 12.2. The van der Waals surface area contributed by atoms with Crippen LogP contribution in [-0.2, 0) is 13.5 Å².